The number of nitrogens with zero attached hydrogens (tertiary/aromatic N) is 3. The number of aliphatic carboxylic acids is 1. The standard InChI is InChI=1S/C26H28FN3O4/c1-16(2)30-22(12-11-19(31)14-20(32)15-23(33)34)24(17-7-9-18(27)10-8-17)25(26(30)28-3)21-6-4-5-13-29-21/h4-10,13,16,19-20,31-32H,11-12,14-15H2,1-2H3,(H,33,34)/p-1/t19-,20-/m1/s1. The number of pyridine rings is 1. The summed E-state index contributed by atoms with van der Waals surface area (Å²) < 4.78 is 15.6. The molecule has 0 unspecified atom stereocenters. The maximum absolute atomic E-state index is 13.7. The molecule has 3 aromatic rings. The SMILES string of the molecule is [C-]#[N+]c1c(-c2ccccn2)c(-c2ccc(F)cc2)c(CC[C@@H](O)C[C@@H](O)CC(=O)[O-])n1C(C)C. The molecular weight excluding hydrogens is 437 g/mol. The van der Waals surface area contributed by atoms with E-state index >= 15 is 0 Å². The summed E-state index contributed by atoms with van der Waals surface area (Å²) in [5.74, 6) is -1.36. The maximum atomic E-state index is 13.7. The largest absolute Gasteiger partial charge is 0.550 e. The van der Waals surface area contributed by atoms with Crippen LogP contribution in [0.3, 0.4) is 0 Å². The van der Waals surface area contributed by atoms with Crippen LogP contribution in [-0.4, -0.2) is 37.9 Å². The molecule has 2 N–H and O–H groups in total. The molecular formula is C26H27FN3O4-. The second-order valence-electron chi connectivity index (χ2n) is 8.48. The molecule has 0 amide bonds. The van der Waals surface area contributed by atoms with Crippen molar-refractivity contribution in [2.75, 3.05) is 0 Å². The highest BCUT2D eigenvalue weighted by Gasteiger charge is 2.29. The molecule has 0 bridgehead atoms. The van der Waals surface area contributed by atoms with Crippen molar-refractivity contribution in [2.24, 2.45) is 0 Å². The first-order valence-electron chi connectivity index (χ1n) is 11.1. The van der Waals surface area contributed by atoms with Crippen LogP contribution in [0.2, 0.25) is 0 Å². The van der Waals surface area contributed by atoms with E-state index < -0.39 is 24.6 Å². The Bertz CT molecular complexity index is 1170. The van der Waals surface area contributed by atoms with Crippen molar-refractivity contribution in [1.29, 1.82) is 0 Å². The fourth-order valence-electron chi connectivity index (χ4n) is 4.23. The van der Waals surface area contributed by atoms with Gasteiger partial charge >= 0.3 is 0 Å². The number of hydrogen-bond donors (Lipinski definition) is 2. The van der Waals surface area contributed by atoms with E-state index in [1.165, 1.54) is 12.1 Å². The molecule has 0 saturated carbocycles. The van der Waals surface area contributed by atoms with E-state index in [2.05, 4.69) is 9.83 Å². The Hall–Kier alpha value is -3.54. The second kappa shape index (κ2) is 11.1. The molecule has 0 radical (unpaired) electrons. The molecule has 8 heteroatoms. The van der Waals surface area contributed by atoms with Gasteiger partial charge in [0.1, 0.15) is 5.82 Å². The topological polar surface area (TPSA) is 103 Å². The molecule has 0 aliphatic heterocycles. The zero-order valence-electron chi connectivity index (χ0n) is 19.1. The molecule has 178 valence electrons. The minimum Gasteiger partial charge on any atom is -0.550 e. The van der Waals surface area contributed by atoms with E-state index in [1.54, 1.807) is 24.4 Å². The third-order valence-electron chi connectivity index (χ3n) is 5.62. The summed E-state index contributed by atoms with van der Waals surface area (Å²) in [6.45, 7) is 11.8. The van der Waals surface area contributed by atoms with Gasteiger partial charge in [-0.1, -0.05) is 24.8 Å². The molecule has 3 rings (SSSR count). The number of carbonyl (C=O) groups excluding carboxylic acids is 1. The first-order valence-corrected chi connectivity index (χ1v) is 11.1. The van der Waals surface area contributed by atoms with Crippen LogP contribution >= 0.6 is 0 Å². The van der Waals surface area contributed by atoms with Gasteiger partial charge in [-0.25, -0.2) is 4.39 Å². The lowest BCUT2D eigenvalue weighted by Gasteiger charge is -2.17. The van der Waals surface area contributed by atoms with Gasteiger partial charge in [-0.3, -0.25) is 9.55 Å². The monoisotopic (exact) mass is 464 g/mol. The number of benzene rings is 1. The average Bonchev–Trinajstić information content (AvgIpc) is 3.12. The van der Waals surface area contributed by atoms with Gasteiger partial charge in [-0.2, -0.15) is 0 Å². The highest BCUT2D eigenvalue weighted by molar-refractivity contribution is 5.93. The molecule has 2 heterocycles. The molecule has 0 spiro atoms. The summed E-state index contributed by atoms with van der Waals surface area (Å²) in [6.07, 6.45) is -0.603. The second-order valence-corrected chi connectivity index (χ2v) is 8.48. The average molecular weight is 465 g/mol. The van der Waals surface area contributed by atoms with Crippen LogP contribution < -0.4 is 5.11 Å². The van der Waals surface area contributed by atoms with Crippen LogP contribution in [0.25, 0.3) is 27.2 Å². The summed E-state index contributed by atoms with van der Waals surface area (Å²) in [6, 6.07) is 11.4. The van der Waals surface area contributed by atoms with Gasteiger partial charge in [0.2, 0.25) is 5.82 Å². The molecule has 0 saturated heterocycles. The number of carboxylic acids is 1. The number of rotatable bonds is 10. The number of aliphatic hydroxyl groups is 2. The van der Waals surface area contributed by atoms with Crippen molar-refractivity contribution < 1.29 is 24.5 Å². The van der Waals surface area contributed by atoms with Gasteiger partial charge in [0.25, 0.3) is 0 Å². The third-order valence-corrected chi connectivity index (χ3v) is 5.62. The van der Waals surface area contributed by atoms with Crippen LogP contribution in [-0.2, 0) is 11.2 Å². The van der Waals surface area contributed by atoms with Crippen molar-refractivity contribution >= 4 is 11.8 Å². The predicted molar refractivity (Wildman–Crippen MR) is 124 cm³/mol. The minimum atomic E-state index is -1.38. The molecule has 34 heavy (non-hydrogen) atoms. The van der Waals surface area contributed by atoms with Crippen LogP contribution in [0.15, 0.2) is 48.7 Å². The van der Waals surface area contributed by atoms with Crippen molar-refractivity contribution in [2.45, 2.75) is 57.8 Å². The lowest BCUT2D eigenvalue weighted by atomic mass is 9.95. The number of carbonyl (C=O) groups is 1. The smallest absolute Gasteiger partial charge is 0.240 e. The minimum absolute atomic E-state index is 0.0865. The van der Waals surface area contributed by atoms with Gasteiger partial charge in [0.15, 0.2) is 0 Å². The lowest BCUT2D eigenvalue weighted by Crippen LogP contribution is -2.29. The number of hydrogen-bond acceptors (Lipinski definition) is 5. The zero-order valence-corrected chi connectivity index (χ0v) is 19.1. The van der Waals surface area contributed by atoms with Crippen molar-refractivity contribution in [3.63, 3.8) is 0 Å². The van der Waals surface area contributed by atoms with E-state index in [4.69, 9.17) is 6.57 Å². The third kappa shape index (κ3) is 5.68. The highest BCUT2D eigenvalue weighted by Crippen LogP contribution is 2.46. The summed E-state index contributed by atoms with van der Waals surface area (Å²) in [5.41, 5.74) is 3.48. The maximum Gasteiger partial charge on any atom is 0.240 e. The van der Waals surface area contributed by atoms with E-state index in [9.17, 15) is 24.5 Å². The Morgan fingerprint density at radius 2 is 1.85 bits per heavy atom. The van der Waals surface area contributed by atoms with Crippen molar-refractivity contribution in [3.05, 3.63) is 71.6 Å². The van der Waals surface area contributed by atoms with Crippen molar-refractivity contribution in [1.82, 2.24) is 9.55 Å². The normalized spacial score (nSPS) is 13.0. The number of carboxylic acid groups (broad SMARTS) is 1. The molecule has 7 nitrogen and oxygen atoms in total. The summed E-state index contributed by atoms with van der Waals surface area (Å²) >= 11 is 0. The van der Waals surface area contributed by atoms with Gasteiger partial charge in [0, 0.05) is 36.1 Å². The molecule has 0 aliphatic rings. The van der Waals surface area contributed by atoms with Crippen LogP contribution in [0.4, 0.5) is 10.2 Å². The fourth-order valence-corrected chi connectivity index (χ4v) is 4.23. The van der Waals surface area contributed by atoms with Gasteiger partial charge in [0.05, 0.1) is 29.6 Å². The Morgan fingerprint density at radius 1 is 1.15 bits per heavy atom. The molecule has 1 aromatic carbocycles. The zero-order chi connectivity index (χ0) is 24.8. The van der Waals surface area contributed by atoms with Gasteiger partial charge < -0.3 is 25.0 Å². The summed E-state index contributed by atoms with van der Waals surface area (Å²) in [4.78, 5) is 19.0. The molecule has 2 aromatic heterocycles. The Labute approximate surface area is 198 Å². The van der Waals surface area contributed by atoms with Crippen LogP contribution in [0.5, 0.6) is 0 Å². The lowest BCUT2D eigenvalue weighted by molar-refractivity contribution is -0.307. The quantitative estimate of drug-likeness (QED) is 0.446. The van der Waals surface area contributed by atoms with Gasteiger partial charge in [-0.15, -0.1) is 0 Å². The number of aromatic nitrogens is 2. The van der Waals surface area contributed by atoms with E-state index in [0.717, 1.165) is 11.3 Å². The first kappa shape index (κ1) is 25.1. The highest BCUT2D eigenvalue weighted by atomic mass is 19.1. The predicted octanol–water partition coefficient (Wildman–Crippen LogP) is 3.67. The first-order chi connectivity index (χ1) is 16.2. The molecule has 0 aliphatic carbocycles. The Morgan fingerprint density at radius 3 is 2.41 bits per heavy atom. The molecule has 2 atom stereocenters. The van der Waals surface area contributed by atoms with E-state index in [-0.39, 0.29) is 24.7 Å². The molecule has 0 fully saturated rings. The van der Waals surface area contributed by atoms with E-state index in [0.29, 0.717) is 29.1 Å². The number of halogens is 1. The van der Waals surface area contributed by atoms with Crippen LogP contribution in [0.1, 0.15) is 44.8 Å². The van der Waals surface area contributed by atoms with Gasteiger partial charge in [-0.05, 0) is 56.5 Å². The van der Waals surface area contributed by atoms with Crippen LogP contribution in [0, 0.1) is 12.4 Å². The van der Waals surface area contributed by atoms with Crippen molar-refractivity contribution in [3.8, 4) is 22.4 Å². The summed E-state index contributed by atoms with van der Waals surface area (Å²) in [5, 5.41) is 31.0. The van der Waals surface area contributed by atoms with E-state index in [1.807, 2.05) is 30.5 Å². The summed E-state index contributed by atoms with van der Waals surface area (Å²) in [7, 11) is 0. The Kier molecular flexibility index (Phi) is 8.16. The fraction of sp³-hybridized carbons (Fsp3) is 0.346. The number of aliphatic hydroxyl groups excluding tert-OH is 2. The Balaban J connectivity index is 2.12.